The van der Waals surface area contributed by atoms with Crippen LogP contribution in [-0.2, 0) is 9.47 Å². The van der Waals surface area contributed by atoms with Gasteiger partial charge in [-0.2, -0.15) is 0 Å². The van der Waals surface area contributed by atoms with Crippen LogP contribution in [0.25, 0.3) is 0 Å². The van der Waals surface area contributed by atoms with Crippen LogP contribution in [0.1, 0.15) is 38.3 Å². The van der Waals surface area contributed by atoms with Gasteiger partial charge in [0, 0.05) is 25.8 Å². The van der Waals surface area contributed by atoms with E-state index in [1.807, 2.05) is 19.9 Å². The van der Waals surface area contributed by atoms with Gasteiger partial charge in [0.1, 0.15) is 0 Å². The third kappa shape index (κ3) is 5.09. The van der Waals surface area contributed by atoms with E-state index in [4.69, 9.17) is 18.9 Å². The van der Waals surface area contributed by atoms with Crippen LogP contribution in [0.3, 0.4) is 0 Å². The highest BCUT2D eigenvalue weighted by molar-refractivity contribution is 5.44. The molecule has 0 heterocycles. The molecule has 1 aliphatic rings. The number of rotatable bonds is 11. The van der Waals surface area contributed by atoms with Crippen molar-refractivity contribution in [2.45, 2.75) is 39.0 Å². The first-order valence-electron chi connectivity index (χ1n) is 8.41. The van der Waals surface area contributed by atoms with Gasteiger partial charge < -0.3 is 24.3 Å². The van der Waals surface area contributed by atoms with E-state index in [0.717, 1.165) is 11.5 Å². The fourth-order valence-electron chi connectivity index (χ4n) is 2.79. The Bertz CT molecular complexity index is 470. The van der Waals surface area contributed by atoms with Gasteiger partial charge >= 0.3 is 0 Å². The summed E-state index contributed by atoms with van der Waals surface area (Å²) in [5.41, 5.74) is 1.22. The third-order valence-corrected chi connectivity index (χ3v) is 4.07. The van der Waals surface area contributed by atoms with Crippen molar-refractivity contribution in [2.24, 2.45) is 5.92 Å². The zero-order valence-corrected chi connectivity index (χ0v) is 14.6. The molecule has 2 rings (SSSR count). The molecule has 1 aromatic carbocycles. The number of nitrogens with one attached hydrogen (secondary N) is 1. The molecule has 1 aromatic rings. The molecule has 0 spiro atoms. The maximum atomic E-state index is 5.62. The molecule has 0 aromatic heterocycles. The van der Waals surface area contributed by atoms with E-state index in [-0.39, 0.29) is 6.29 Å². The maximum absolute atomic E-state index is 5.62. The Morgan fingerprint density at radius 3 is 2.22 bits per heavy atom. The van der Waals surface area contributed by atoms with E-state index >= 15 is 0 Å². The zero-order chi connectivity index (χ0) is 16.7. The molecule has 5 nitrogen and oxygen atoms in total. The van der Waals surface area contributed by atoms with Crippen LogP contribution in [0.4, 0.5) is 0 Å². The van der Waals surface area contributed by atoms with Gasteiger partial charge in [0.15, 0.2) is 17.8 Å². The topological polar surface area (TPSA) is 49.0 Å². The lowest BCUT2D eigenvalue weighted by molar-refractivity contribution is -0.134. The standard InChI is InChI=1S/C18H29NO4/c1-5-22-17(23-6-2)12-19-18(13-7-8-13)14-9-10-15(20-3)16(11-14)21-4/h9-11,13,17-19H,5-8,12H2,1-4H3/t18-/m0/s1. The Kier molecular flexibility index (Phi) is 7.15. The SMILES string of the molecule is CCOC(CN[C@H](c1ccc(OC)c(OC)c1)C1CC1)OCC. The lowest BCUT2D eigenvalue weighted by Gasteiger charge is -2.24. The second-order valence-corrected chi connectivity index (χ2v) is 5.68. The van der Waals surface area contributed by atoms with E-state index in [1.54, 1.807) is 14.2 Å². The third-order valence-electron chi connectivity index (χ3n) is 4.07. The van der Waals surface area contributed by atoms with Gasteiger partial charge in [-0.1, -0.05) is 6.07 Å². The molecule has 23 heavy (non-hydrogen) atoms. The van der Waals surface area contributed by atoms with E-state index < -0.39 is 0 Å². The molecule has 1 fully saturated rings. The minimum Gasteiger partial charge on any atom is -0.493 e. The van der Waals surface area contributed by atoms with Crippen molar-refractivity contribution in [3.05, 3.63) is 23.8 Å². The first-order valence-corrected chi connectivity index (χ1v) is 8.41. The van der Waals surface area contributed by atoms with Crippen LogP contribution in [-0.4, -0.2) is 40.3 Å². The predicted molar refractivity (Wildman–Crippen MR) is 90.1 cm³/mol. The fraction of sp³-hybridized carbons (Fsp3) is 0.667. The summed E-state index contributed by atoms with van der Waals surface area (Å²) in [6.07, 6.45) is 2.30. The van der Waals surface area contributed by atoms with Gasteiger partial charge in [-0.25, -0.2) is 0 Å². The van der Waals surface area contributed by atoms with Crippen LogP contribution < -0.4 is 14.8 Å². The van der Waals surface area contributed by atoms with Gasteiger partial charge in [0.05, 0.1) is 14.2 Å². The van der Waals surface area contributed by atoms with Crippen LogP contribution in [0.15, 0.2) is 18.2 Å². The van der Waals surface area contributed by atoms with Crippen LogP contribution >= 0.6 is 0 Å². The van der Waals surface area contributed by atoms with Crippen LogP contribution in [0, 0.1) is 5.92 Å². The summed E-state index contributed by atoms with van der Waals surface area (Å²) >= 11 is 0. The average molecular weight is 323 g/mol. The summed E-state index contributed by atoms with van der Waals surface area (Å²) in [4.78, 5) is 0. The quantitative estimate of drug-likeness (QED) is 0.634. The Morgan fingerprint density at radius 2 is 1.70 bits per heavy atom. The van der Waals surface area contributed by atoms with E-state index in [2.05, 4.69) is 17.4 Å². The molecule has 130 valence electrons. The molecular formula is C18H29NO4. The van der Waals surface area contributed by atoms with E-state index in [0.29, 0.717) is 31.7 Å². The second kappa shape index (κ2) is 9.11. The van der Waals surface area contributed by atoms with E-state index in [1.165, 1.54) is 18.4 Å². The molecule has 0 unspecified atom stereocenters. The molecule has 1 N–H and O–H groups in total. The highest BCUT2D eigenvalue weighted by atomic mass is 16.7. The molecule has 0 aliphatic heterocycles. The molecule has 1 aliphatic carbocycles. The predicted octanol–water partition coefficient (Wildman–Crippen LogP) is 3.14. The maximum Gasteiger partial charge on any atom is 0.169 e. The Labute approximate surface area is 139 Å². The minimum absolute atomic E-state index is 0.202. The molecule has 0 radical (unpaired) electrons. The smallest absolute Gasteiger partial charge is 0.169 e. The van der Waals surface area contributed by atoms with Crippen LogP contribution in [0.5, 0.6) is 11.5 Å². The van der Waals surface area contributed by atoms with Gasteiger partial charge in [0.25, 0.3) is 0 Å². The van der Waals surface area contributed by atoms with Gasteiger partial charge in [-0.3, -0.25) is 0 Å². The molecule has 0 amide bonds. The summed E-state index contributed by atoms with van der Waals surface area (Å²) < 4.78 is 22.0. The van der Waals surface area contributed by atoms with Gasteiger partial charge in [0.2, 0.25) is 0 Å². The molecule has 5 heteroatoms. The molecule has 0 saturated heterocycles. The summed E-state index contributed by atoms with van der Waals surface area (Å²) in [7, 11) is 3.32. The largest absolute Gasteiger partial charge is 0.493 e. The lowest BCUT2D eigenvalue weighted by atomic mass is 10.0. The number of benzene rings is 1. The Hall–Kier alpha value is -1.30. The molecule has 0 bridgehead atoms. The van der Waals surface area contributed by atoms with Crippen LogP contribution in [0.2, 0.25) is 0 Å². The van der Waals surface area contributed by atoms with Crippen molar-refractivity contribution >= 4 is 0 Å². The number of hydrogen-bond donors (Lipinski definition) is 1. The Morgan fingerprint density at radius 1 is 1.04 bits per heavy atom. The highest BCUT2D eigenvalue weighted by Gasteiger charge is 2.33. The summed E-state index contributed by atoms with van der Waals surface area (Å²) in [5.74, 6) is 2.19. The number of ether oxygens (including phenoxy) is 4. The van der Waals surface area contributed by atoms with Crippen molar-refractivity contribution in [3.8, 4) is 11.5 Å². The van der Waals surface area contributed by atoms with Crippen molar-refractivity contribution < 1.29 is 18.9 Å². The monoisotopic (exact) mass is 323 g/mol. The summed E-state index contributed by atoms with van der Waals surface area (Å²) in [6, 6.07) is 6.42. The summed E-state index contributed by atoms with van der Waals surface area (Å²) in [6.45, 7) is 5.95. The fourth-order valence-corrected chi connectivity index (χ4v) is 2.79. The summed E-state index contributed by atoms with van der Waals surface area (Å²) in [5, 5.41) is 3.61. The molecular weight excluding hydrogens is 294 g/mol. The number of methoxy groups -OCH3 is 2. The first-order chi connectivity index (χ1) is 11.2. The van der Waals surface area contributed by atoms with Gasteiger partial charge in [-0.05, 0) is 50.3 Å². The average Bonchev–Trinajstić information content (AvgIpc) is 3.40. The normalized spacial score (nSPS) is 15.7. The first kappa shape index (κ1) is 18.0. The minimum atomic E-state index is -0.202. The van der Waals surface area contributed by atoms with Crippen molar-refractivity contribution in [1.29, 1.82) is 0 Å². The van der Waals surface area contributed by atoms with Gasteiger partial charge in [-0.15, -0.1) is 0 Å². The molecule has 1 atom stereocenters. The molecule has 1 saturated carbocycles. The van der Waals surface area contributed by atoms with Crippen molar-refractivity contribution in [1.82, 2.24) is 5.32 Å². The van der Waals surface area contributed by atoms with Crippen molar-refractivity contribution in [3.63, 3.8) is 0 Å². The zero-order valence-electron chi connectivity index (χ0n) is 14.6. The second-order valence-electron chi connectivity index (χ2n) is 5.68. The highest BCUT2D eigenvalue weighted by Crippen LogP contribution is 2.42. The van der Waals surface area contributed by atoms with Crippen molar-refractivity contribution in [2.75, 3.05) is 34.0 Å². The lowest BCUT2D eigenvalue weighted by Crippen LogP contribution is -2.34. The number of hydrogen-bond acceptors (Lipinski definition) is 5. The Balaban J connectivity index is 2.06. The van der Waals surface area contributed by atoms with E-state index in [9.17, 15) is 0 Å².